The monoisotopic (exact) mass is 231 g/mol. The minimum atomic E-state index is -3.41. The molecule has 1 aromatic carbocycles. The van der Waals surface area contributed by atoms with Crippen LogP contribution in [0, 0.1) is 12.7 Å². The van der Waals surface area contributed by atoms with Crippen molar-refractivity contribution in [3.8, 4) is 0 Å². The third-order valence-corrected chi connectivity index (χ3v) is 3.41. The number of hydrogen-bond acceptors (Lipinski definition) is 2. The molecule has 0 aliphatic rings. The average molecular weight is 231 g/mol. The Morgan fingerprint density at radius 1 is 1.40 bits per heavy atom. The van der Waals surface area contributed by atoms with E-state index in [1.807, 2.05) is 0 Å². The lowest BCUT2D eigenvalue weighted by molar-refractivity contribution is 0.596. The molecule has 0 saturated carbocycles. The molecule has 0 aliphatic heterocycles. The van der Waals surface area contributed by atoms with Crippen molar-refractivity contribution in [2.45, 2.75) is 20.3 Å². The number of halogens is 1. The molecule has 0 saturated heterocycles. The Kier molecular flexibility index (Phi) is 3.68. The highest BCUT2D eigenvalue weighted by Gasteiger charge is 2.12. The number of nitrogens with one attached hydrogen (secondary N) is 1. The summed E-state index contributed by atoms with van der Waals surface area (Å²) in [5.74, 6) is -0.516. The van der Waals surface area contributed by atoms with Crippen molar-refractivity contribution >= 4 is 15.7 Å². The minimum absolute atomic E-state index is 0.000379. The molecule has 0 unspecified atom stereocenters. The summed E-state index contributed by atoms with van der Waals surface area (Å²) in [6.45, 7) is 3.35. The van der Waals surface area contributed by atoms with E-state index >= 15 is 0 Å². The molecule has 0 radical (unpaired) electrons. The maximum atomic E-state index is 13.4. The Balaban J connectivity index is 2.95. The molecule has 3 nitrogen and oxygen atoms in total. The Morgan fingerprint density at radius 2 is 2.07 bits per heavy atom. The lowest BCUT2D eigenvalue weighted by Crippen LogP contribution is -2.17. The molecule has 5 heteroatoms. The molecule has 15 heavy (non-hydrogen) atoms. The molecule has 0 bridgehead atoms. The zero-order chi connectivity index (χ0) is 11.5. The summed E-state index contributed by atoms with van der Waals surface area (Å²) in [5.41, 5.74) is 0.440. The van der Waals surface area contributed by atoms with E-state index in [4.69, 9.17) is 0 Å². The van der Waals surface area contributed by atoms with Gasteiger partial charge in [0.15, 0.2) is 0 Å². The van der Waals surface area contributed by atoms with Gasteiger partial charge < -0.3 is 0 Å². The number of sulfonamides is 1. The number of hydrogen-bond donors (Lipinski definition) is 1. The normalized spacial score (nSPS) is 11.4. The second kappa shape index (κ2) is 4.61. The standard InChI is InChI=1S/C10H14FNO2S/c1-3-7-15(13,14)12-9-6-4-5-8(2)10(9)11/h4-6,12H,3,7H2,1-2H3. The van der Waals surface area contributed by atoms with Gasteiger partial charge in [-0.25, -0.2) is 12.8 Å². The summed E-state index contributed by atoms with van der Waals surface area (Å²) in [6, 6.07) is 4.62. The fourth-order valence-corrected chi connectivity index (χ4v) is 2.35. The van der Waals surface area contributed by atoms with Crippen molar-refractivity contribution in [1.29, 1.82) is 0 Å². The van der Waals surface area contributed by atoms with Gasteiger partial charge in [0.05, 0.1) is 11.4 Å². The van der Waals surface area contributed by atoms with E-state index in [2.05, 4.69) is 4.72 Å². The van der Waals surface area contributed by atoms with Crippen LogP contribution >= 0.6 is 0 Å². The van der Waals surface area contributed by atoms with Crippen LogP contribution in [0.1, 0.15) is 18.9 Å². The third kappa shape index (κ3) is 3.20. The summed E-state index contributed by atoms with van der Waals surface area (Å²) in [6.07, 6.45) is 0.503. The first-order valence-electron chi connectivity index (χ1n) is 4.72. The molecule has 0 heterocycles. The Bertz CT molecular complexity index is 443. The van der Waals surface area contributed by atoms with Gasteiger partial charge in [-0.05, 0) is 25.0 Å². The number of anilines is 1. The molecule has 1 N–H and O–H groups in total. The van der Waals surface area contributed by atoms with Crippen LogP contribution in [0.5, 0.6) is 0 Å². The highest BCUT2D eigenvalue weighted by molar-refractivity contribution is 7.92. The van der Waals surface area contributed by atoms with E-state index < -0.39 is 15.8 Å². The number of benzene rings is 1. The van der Waals surface area contributed by atoms with Crippen LogP contribution in [0.2, 0.25) is 0 Å². The van der Waals surface area contributed by atoms with Crippen molar-refractivity contribution in [3.05, 3.63) is 29.6 Å². The molecular formula is C10H14FNO2S. The van der Waals surface area contributed by atoms with Crippen molar-refractivity contribution in [1.82, 2.24) is 0 Å². The summed E-state index contributed by atoms with van der Waals surface area (Å²) in [5, 5.41) is 0. The fourth-order valence-electron chi connectivity index (χ4n) is 1.21. The van der Waals surface area contributed by atoms with Crippen LogP contribution in [-0.2, 0) is 10.0 Å². The fraction of sp³-hybridized carbons (Fsp3) is 0.400. The maximum absolute atomic E-state index is 13.4. The Labute approximate surface area is 89.4 Å². The van der Waals surface area contributed by atoms with Gasteiger partial charge in [0.1, 0.15) is 5.82 Å². The van der Waals surface area contributed by atoms with Crippen LogP contribution in [-0.4, -0.2) is 14.2 Å². The summed E-state index contributed by atoms with van der Waals surface area (Å²) < 4.78 is 38.4. The smallest absolute Gasteiger partial charge is 0.232 e. The van der Waals surface area contributed by atoms with Crippen molar-refractivity contribution < 1.29 is 12.8 Å². The summed E-state index contributed by atoms with van der Waals surface area (Å²) in [7, 11) is -3.41. The molecule has 0 spiro atoms. The highest BCUT2D eigenvalue weighted by atomic mass is 32.2. The van der Waals surface area contributed by atoms with Crippen LogP contribution in [0.25, 0.3) is 0 Å². The van der Waals surface area contributed by atoms with E-state index in [0.29, 0.717) is 12.0 Å². The maximum Gasteiger partial charge on any atom is 0.232 e. The largest absolute Gasteiger partial charge is 0.281 e. The molecule has 0 amide bonds. The number of rotatable bonds is 4. The second-order valence-corrected chi connectivity index (χ2v) is 5.20. The van der Waals surface area contributed by atoms with Gasteiger partial charge in [0.2, 0.25) is 10.0 Å². The SMILES string of the molecule is CCCS(=O)(=O)Nc1cccc(C)c1F. The van der Waals surface area contributed by atoms with E-state index in [9.17, 15) is 12.8 Å². The van der Waals surface area contributed by atoms with Gasteiger partial charge in [-0.2, -0.15) is 0 Å². The zero-order valence-corrected chi connectivity index (χ0v) is 9.57. The van der Waals surface area contributed by atoms with E-state index in [-0.39, 0.29) is 11.4 Å². The molecule has 1 aromatic rings. The van der Waals surface area contributed by atoms with E-state index in [1.165, 1.54) is 6.07 Å². The zero-order valence-electron chi connectivity index (χ0n) is 8.75. The van der Waals surface area contributed by atoms with Gasteiger partial charge in [0, 0.05) is 0 Å². The summed E-state index contributed by atoms with van der Waals surface area (Å²) in [4.78, 5) is 0. The van der Waals surface area contributed by atoms with Gasteiger partial charge in [0.25, 0.3) is 0 Å². The molecule has 0 aromatic heterocycles. The molecule has 0 aliphatic carbocycles. The van der Waals surface area contributed by atoms with Crippen molar-refractivity contribution in [2.75, 3.05) is 10.5 Å². The Morgan fingerprint density at radius 3 is 2.67 bits per heavy atom. The topological polar surface area (TPSA) is 46.2 Å². The van der Waals surface area contributed by atoms with E-state index in [1.54, 1.807) is 26.0 Å². The highest BCUT2D eigenvalue weighted by Crippen LogP contribution is 2.18. The predicted molar refractivity (Wildman–Crippen MR) is 58.8 cm³/mol. The Hall–Kier alpha value is -1.10. The molecule has 0 fully saturated rings. The minimum Gasteiger partial charge on any atom is -0.281 e. The quantitative estimate of drug-likeness (QED) is 0.864. The molecule has 1 rings (SSSR count). The van der Waals surface area contributed by atoms with Crippen molar-refractivity contribution in [2.24, 2.45) is 0 Å². The van der Waals surface area contributed by atoms with Gasteiger partial charge in [-0.3, -0.25) is 4.72 Å². The van der Waals surface area contributed by atoms with E-state index in [0.717, 1.165) is 0 Å². The lowest BCUT2D eigenvalue weighted by Gasteiger charge is -2.08. The number of aryl methyl sites for hydroxylation is 1. The second-order valence-electron chi connectivity index (χ2n) is 3.36. The van der Waals surface area contributed by atoms with Gasteiger partial charge >= 0.3 is 0 Å². The first kappa shape index (κ1) is 12.0. The lowest BCUT2D eigenvalue weighted by atomic mass is 10.2. The van der Waals surface area contributed by atoms with Crippen LogP contribution in [0.15, 0.2) is 18.2 Å². The molecule has 0 atom stereocenters. The first-order valence-corrected chi connectivity index (χ1v) is 6.37. The van der Waals surface area contributed by atoms with Crippen molar-refractivity contribution in [3.63, 3.8) is 0 Å². The third-order valence-electron chi connectivity index (χ3n) is 1.93. The van der Waals surface area contributed by atoms with Gasteiger partial charge in [-0.15, -0.1) is 0 Å². The van der Waals surface area contributed by atoms with Crippen LogP contribution in [0.4, 0.5) is 10.1 Å². The van der Waals surface area contributed by atoms with Crippen LogP contribution in [0.3, 0.4) is 0 Å². The summed E-state index contributed by atoms with van der Waals surface area (Å²) >= 11 is 0. The first-order chi connectivity index (χ1) is 6.96. The predicted octanol–water partition coefficient (Wildman–Crippen LogP) is 2.29. The molecular weight excluding hydrogens is 217 g/mol. The van der Waals surface area contributed by atoms with Crippen LogP contribution < -0.4 is 4.72 Å². The average Bonchev–Trinajstić information content (AvgIpc) is 2.12. The molecule has 84 valence electrons. The van der Waals surface area contributed by atoms with Gasteiger partial charge in [-0.1, -0.05) is 19.1 Å².